The molecule has 5 aromatic carbocycles. The molecule has 2 fully saturated rings. The minimum Gasteiger partial charge on any atom is -0.454 e. The van der Waals surface area contributed by atoms with Gasteiger partial charge in [-0.2, -0.15) is 0 Å². The van der Waals surface area contributed by atoms with Crippen LogP contribution in [0.2, 0.25) is 0 Å². The summed E-state index contributed by atoms with van der Waals surface area (Å²) in [6.45, 7) is 6.42. The van der Waals surface area contributed by atoms with Crippen LogP contribution in [0.25, 0.3) is 0 Å². The molecular weight excluding hydrogens is 829 g/mol. The molecule has 4 unspecified atom stereocenters. The van der Waals surface area contributed by atoms with E-state index in [0.717, 1.165) is 27.8 Å². The van der Waals surface area contributed by atoms with Crippen LogP contribution in [-0.2, 0) is 85.2 Å². The quantitative estimate of drug-likeness (QED) is 0.0718. The van der Waals surface area contributed by atoms with E-state index in [2.05, 4.69) is 0 Å². The maximum Gasteiger partial charge on any atom is 0.311 e. The van der Waals surface area contributed by atoms with Crippen molar-refractivity contribution in [3.05, 3.63) is 179 Å². The Morgan fingerprint density at radius 1 is 0.477 bits per heavy atom. The normalized spacial score (nSPS) is 25.8. The third-order valence-electron chi connectivity index (χ3n) is 11.3. The second-order valence-corrected chi connectivity index (χ2v) is 17.3. The first kappa shape index (κ1) is 48.1. The first-order valence-electron chi connectivity index (χ1n) is 22.2. The van der Waals surface area contributed by atoms with Crippen LogP contribution in [0.15, 0.2) is 152 Å². The van der Waals surface area contributed by atoms with Gasteiger partial charge in [0, 0.05) is 7.11 Å². The van der Waals surface area contributed by atoms with Crippen LogP contribution in [0.1, 0.15) is 48.6 Å². The first-order chi connectivity index (χ1) is 31.7. The van der Waals surface area contributed by atoms with Crippen molar-refractivity contribution >= 4 is 5.97 Å². The van der Waals surface area contributed by atoms with Gasteiger partial charge in [0.15, 0.2) is 18.7 Å². The minimum absolute atomic E-state index is 0.0927. The van der Waals surface area contributed by atoms with E-state index in [1.165, 1.54) is 7.11 Å². The van der Waals surface area contributed by atoms with Gasteiger partial charge in [-0.25, -0.2) is 0 Å². The number of aliphatic hydroxyl groups is 1. The molecule has 65 heavy (non-hydrogen) atoms. The molecule has 2 aliphatic rings. The highest BCUT2D eigenvalue weighted by Gasteiger charge is 2.53. The van der Waals surface area contributed by atoms with Gasteiger partial charge in [0.1, 0.15) is 42.7 Å². The molecule has 0 radical (unpaired) electrons. The molecule has 0 amide bonds. The summed E-state index contributed by atoms with van der Waals surface area (Å²) in [6.07, 6.45) is -9.69. The number of benzene rings is 5. The number of methoxy groups -OCH3 is 1. The van der Waals surface area contributed by atoms with Gasteiger partial charge >= 0.3 is 5.97 Å². The lowest BCUT2D eigenvalue weighted by Gasteiger charge is -2.47. The fourth-order valence-corrected chi connectivity index (χ4v) is 7.70. The summed E-state index contributed by atoms with van der Waals surface area (Å²) in [5, 5.41) is 11.7. The molecule has 5 aromatic rings. The van der Waals surface area contributed by atoms with Crippen LogP contribution in [0.3, 0.4) is 0 Å². The van der Waals surface area contributed by atoms with Crippen LogP contribution in [-0.4, -0.2) is 92.8 Å². The zero-order valence-electron chi connectivity index (χ0n) is 37.6. The summed E-state index contributed by atoms with van der Waals surface area (Å²) in [5.74, 6) is -0.483. The van der Waals surface area contributed by atoms with Gasteiger partial charge in [-0.15, -0.1) is 0 Å². The lowest BCUT2D eigenvalue weighted by Crippen LogP contribution is -2.64. The van der Waals surface area contributed by atoms with Crippen molar-refractivity contribution < 1.29 is 57.3 Å². The molecule has 2 heterocycles. The molecule has 2 aliphatic heterocycles. The molecular formula is C53H62O12. The number of rotatable bonds is 21. The predicted octanol–water partition coefficient (Wildman–Crippen LogP) is 7.98. The maximum atomic E-state index is 14.0. The molecule has 0 saturated carbocycles. The highest BCUT2D eigenvalue weighted by Crippen LogP contribution is 2.35. The van der Waals surface area contributed by atoms with E-state index >= 15 is 0 Å². The lowest BCUT2D eigenvalue weighted by atomic mass is 9.95. The number of hydrogen-bond donors (Lipinski definition) is 1. The summed E-state index contributed by atoms with van der Waals surface area (Å²) < 4.78 is 65.1. The lowest BCUT2D eigenvalue weighted by molar-refractivity contribution is -0.344. The second-order valence-electron chi connectivity index (χ2n) is 17.3. The summed E-state index contributed by atoms with van der Waals surface area (Å²) >= 11 is 0. The summed E-state index contributed by atoms with van der Waals surface area (Å²) in [7, 11) is 1.46. The maximum absolute atomic E-state index is 14.0. The fourth-order valence-electron chi connectivity index (χ4n) is 7.70. The average molecular weight is 891 g/mol. The Morgan fingerprint density at radius 3 is 1.28 bits per heavy atom. The second kappa shape index (κ2) is 24.1. The van der Waals surface area contributed by atoms with E-state index < -0.39 is 72.8 Å². The highest BCUT2D eigenvalue weighted by atomic mass is 16.7. The number of hydrogen-bond acceptors (Lipinski definition) is 12. The van der Waals surface area contributed by atoms with Crippen LogP contribution >= 0.6 is 0 Å². The van der Waals surface area contributed by atoms with Gasteiger partial charge in [-0.1, -0.05) is 152 Å². The predicted molar refractivity (Wildman–Crippen MR) is 242 cm³/mol. The van der Waals surface area contributed by atoms with Crippen molar-refractivity contribution in [3.8, 4) is 0 Å². The van der Waals surface area contributed by atoms with Crippen molar-refractivity contribution in [2.24, 2.45) is 5.41 Å². The van der Waals surface area contributed by atoms with Crippen LogP contribution in [0.4, 0.5) is 0 Å². The summed E-state index contributed by atoms with van der Waals surface area (Å²) in [5.41, 5.74) is 3.78. The zero-order valence-corrected chi connectivity index (χ0v) is 37.6. The Balaban J connectivity index is 1.21. The van der Waals surface area contributed by atoms with Gasteiger partial charge in [-0.3, -0.25) is 4.79 Å². The van der Waals surface area contributed by atoms with E-state index in [4.69, 9.17) is 47.4 Å². The Labute approximate surface area is 382 Å². The standard InChI is InChI=1S/C53H62O12/c1-53(2,3)52(55)65-49-48(61-34-41-28-18-9-19-29-41)46(59-32-39-24-14-7-15-25-39)42(35-57-30-37-20-10-5-11-21-37)64-51(49)62-36-43-45(58-31-38-22-12-6-13-23-38)47(44(54)50(56-4)63-43)60-33-40-26-16-8-17-27-40/h5-29,42-51,54H,30-36H2,1-4H3/t42?,43?,44?,45-,46+,47-,48+,49?,50-,51-/m1/s1. The smallest absolute Gasteiger partial charge is 0.311 e. The van der Waals surface area contributed by atoms with Crippen LogP contribution < -0.4 is 0 Å². The van der Waals surface area contributed by atoms with Gasteiger partial charge in [-0.05, 0) is 48.6 Å². The van der Waals surface area contributed by atoms with Crippen molar-refractivity contribution in [2.75, 3.05) is 20.3 Å². The average Bonchev–Trinajstić information content (AvgIpc) is 3.33. The third-order valence-corrected chi connectivity index (χ3v) is 11.3. The Hall–Kier alpha value is -4.83. The van der Waals surface area contributed by atoms with Gasteiger partial charge in [0.25, 0.3) is 0 Å². The number of esters is 1. The Kier molecular flexibility index (Phi) is 17.8. The van der Waals surface area contributed by atoms with E-state index in [-0.39, 0.29) is 39.6 Å². The molecule has 0 aliphatic carbocycles. The molecule has 0 spiro atoms. The zero-order chi connectivity index (χ0) is 45.4. The summed E-state index contributed by atoms with van der Waals surface area (Å²) in [4.78, 5) is 14.0. The molecule has 10 atom stereocenters. The van der Waals surface area contributed by atoms with Crippen LogP contribution in [0, 0.1) is 5.41 Å². The fraction of sp³-hybridized carbons (Fsp3) is 0.415. The SMILES string of the molecule is CO[C@@H]1OC(CO[C@@H]2OC(COCc3ccccc3)[C@H](OCc3ccccc3)[C@H](OCc3ccccc3)C2OC(=O)C(C)(C)C)[C@@H](OCc2ccccc2)[C@H](OCc2ccccc2)C1O. The van der Waals surface area contributed by atoms with Crippen molar-refractivity contribution in [2.45, 2.75) is 115 Å². The molecule has 12 nitrogen and oxygen atoms in total. The van der Waals surface area contributed by atoms with Gasteiger partial charge in [0.2, 0.25) is 0 Å². The van der Waals surface area contributed by atoms with Crippen LogP contribution in [0.5, 0.6) is 0 Å². The number of aliphatic hydroxyl groups excluding tert-OH is 1. The van der Waals surface area contributed by atoms with Gasteiger partial charge in [0.05, 0.1) is 51.7 Å². The number of ether oxygens (including phenoxy) is 10. The molecule has 1 N–H and O–H groups in total. The molecule has 0 bridgehead atoms. The third kappa shape index (κ3) is 13.8. The first-order valence-corrected chi connectivity index (χ1v) is 22.2. The molecule has 7 rings (SSSR count). The van der Waals surface area contributed by atoms with Crippen molar-refractivity contribution in [3.63, 3.8) is 0 Å². The largest absolute Gasteiger partial charge is 0.454 e. The molecule has 2 saturated heterocycles. The van der Waals surface area contributed by atoms with Crippen molar-refractivity contribution in [1.29, 1.82) is 0 Å². The highest BCUT2D eigenvalue weighted by molar-refractivity contribution is 5.75. The van der Waals surface area contributed by atoms with E-state index in [1.807, 2.05) is 152 Å². The van der Waals surface area contributed by atoms with E-state index in [0.29, 0.717) is 6.61 Å². The Morgan fingerprint density at radius 2 is 0.846 bits per heavy atom. The van der Waals surface area contributed by atoms with Gasteiger partial charge < -0.3 is 52.5 Å². The Bertz CT molecular complexity index is 2100. The summed E-state index contributed by atoms with van der Waals surface area (Å²) in [6, 6.07) is 48.8. The molecule has 346 valence electrons. The number of carbonyl (C=O) groups is 1. The molecule has 0 aromatic heterocycles. The number of carbonyl (C=O) groups excluding carboxylic acids is 1. The molecule has 12 heteroatoms. The van der Waals surface area contributed by atoms with E-state index in [9.17, 15) is 9.90 Å². The van der Waals surface area contributed by atoms with E-state index in [1.54, 1.807) is 20.8 Å². The minimum atomic E-state index is -1.21. The van der Waals surface area contributed by atoms with Crippen molar-refractivity contribution in [1.82, 2.24) is 0 Å². The monoisotopic (exact) mass is 890 g/mol. The topological polar surface area (TPSA) is 130 Å².